The number of ether oxygens (including phenoxy) is 2. The molecule has 0 aromatic heterocycles. The molecule has 1 aliphatic carbocycles. The molecule has 2 unspecified atom stereocenters. The molecule has 210 valence electrons. The lowest BCUT2D eigenvalue weighted by Crippen LogP contribution is -2.41. The highest BCUT2D eigenvalue weighted by Gasteiger charge is 2.31. The van der Waals surface area contributed by atoms with Gasteiger partial charge in [0.1, 0.15) is 24.2 Å². The van der Waals surface area contributed by atoms with Crippen LogP contribution in [-0.2, 0) is 26.0 Å². The minimum absolute atomic E-state index is 0.00557. The van der Waals surface area contributed by atoms with Gasteiger partial charge in [-0.2, -0.15) is 9.65 Å². The number of hydrogen-bond donors (Lipinski definition) is 1. The summed E-state index contributed by atoms with van der Waals surface area (Å²) in [4.78, 5) is 2.13. The first-order valence-electron chi connectivity index (χ1n) is 13.8. The van der Waals surface area contributed by atoms with Crippen molar-refractivity contribution in [2.75, 3.05) is 13.2 Å². The molecular formula is C32H33F3N2O3. The molecule has 8 heteroatoms. The van der Waals surface area contributed by atoms with Crippen LogP contribution in [0.4, 0.5) is 13.2 Å². The van der Waals surface area contributed by atoms with E-state index in [1.165, 1.54) is 6.07 Å². The van der Waals surface area contributed by atoms with E-state index in [4.69, 9.17) is 9.47 Å². The van der Waals surface area contributed by atoms with Crippen molar-refractivity contribution in [1.29, 1.82) is 5.26 Å². The molecule has 1 N–H and O–H groups in total. The summed E-state index contributed by atoms with van der Waals surface area (Å²) in [6.45, 7) is 1.24. The van der Waals surface area contributed by atoms with Crippen molar-refractivity contribution in [3.63, 3.8) is 0 Å². The minimum atomic E-state index is -3.29. The van der Waals surface area contributed by atoms with Crippen LogP contribution in [0.15, 0.2) is 54.6 Å². The number of aliphatic hydroxyl groups excluding tert-OH is 1. The normalized spacial score (nSPS) is 17.9. The van der Waals surface area contributed by atoms with Crippen molar-refractivity contribution in [2.45, 2.75) is 70.5 Å². The Morgan fingerprint density at radius 2 is 1.77 bits per heavy atom. The summed E-state index contributed by atoms with van der Waals surface area (Å²) < 4.78 is 52.2. The van der Waals surface area contributed by atoms with Gasteiger partial charge in [-0.1, -0.05) is 55.0 Å². The summed E-state index contributed by atoms with van der Waals surface area (Å²) in [6.07, 6.45) is -0.919. The molecule has 1 heterocycles. The quantitative estimate of drug-likeness (QED) is 0.309. The molecule has 1 aliphatic heterocycles. The Labute approximate surface area is 232 Å². The molecular weight excluding hydrogens is 517 g/mol. The van der Waals surface area contributed by atoms with Gasteiger partial charge in [0.05, 0.1) is 12.2 Å². The second-order valence-corrected chi connectivity index (χ2v) is 10.4. The largest absolute Gasteiger partial charge is 0.488 e. The van der Waals surface area contributed by atoms with E-state index in [9.17, 15) is 23.5 Å². The lowest BCUT2D eigenvalue weighted by Gasteiger charge is -2.35. The minimum Gasteiger partial charge on any atom is -0.488 e. The van der Waals surface area contributed by atoms with Crippen molar-refractivity contribution in [3.05, 3.63) is 82.4 Å². The number of halogens is 3. The van der Waals surface area contributed by atoms with Crippen LogP contribution in [0, 0.1) is 11.3 Å². The monoisotopic (exact) mass is 550 g/mol. The maximum Gasteiger partial charge on any atom is 0.304 e. The maximum absolute atomic E-state index is 14.2. The van der Waals surface area contributed by atoms with E-state index in [2.05, 4.69) is 11.0 Å². The number of alkyl halides is 3. The van der Waals surface area contributed by atoms with E-state index >= 15 is 0 Å². The highest BCUT2D eigenvalue weighted by atomic mass is 19.3. The van der Waals surface area contributed by atoms with Gasteiger partial charge >= 0.3 is 6.43 Å². The van der Waals surface area contributed by atoms with E-state index in [-0.39, 0.29) is 25.0 Å². The number of nitriles is 1. The fourth-order valence-corrected chi connectivity index (χ4v) is 5.91. The number of piperidine rings is 1. The highest BCUT2D eigenvalue weighted by Crippen LogP contribution is 2.41. The summed E-state index contributed by atoms with van der Waals surface area (Å²) in [5.41, 5.74) is 5.50. The number of aliphatic hydroxyl groups is 1. The van der Waals surface area contributed by atoms with Gasteiger partial charge in [-0.25, -0.2) is 8.78 Å². The van der Waals surface area contributed by atoms with E-state index in [1.807, 2.05) is 48.5 Å². The van der Waals surface area contributed by atoms with Crippen molar-refractivity contribution in [3.8, 4) is 28.7 Å². The van der Waals surface area contributed by atoms with Gasteiger partial charge < -0.3 is 14.6 Å². The summed E-state index contributed by atoms with van der Waals surface area (Å²) >= 11 is 0. The summed E-state index contributed by atoms with van der Waals surface area (Å²) in [5, 5.41) is 19.9. The van der Waals surface area contributed by atoms with Crippen LogP contribution >= 0.6 is 0 Å². The highest BCUT2D eigenvalue weighted by molar-refractivity contribution is 5.72. The molecule has 0 saturated carbocycles. The molecule has 0 spiro atoms. The van der Waals surface area contributed by atoms with Crippen LogP contribution in [0.25, 0.3) is 11.1 Å². The van der Waals surface area contributed by atoms with Crippen LogP contribution in [-0.4, -0.2) is 42.0 Å². The smallest absolute Gasteiger partial charge is 0.304 e. The van der Waals surface area contributed by atoms with Crippen LogP contribution in [0.5, 0.6) is 11.5 Å². The standard InChI is InChI=1S/C32H33F3N2O3/c33-31(34)32(35)40-30-16-29(26-14-7-13-25(26)28(30)18-37-15-5-4-11-23(37)19-38)39-20-22-10-6-12-24(27(22)17-36)21-8-2-1-3-9-21/h1-3,6,8-10,12,16,23,31-32,38H,4-5,7,11,13-15,18-20H2. The Kier molecular flexibility index (Phi) is 8.93. The Bertz CT molecular complexity index is 1360. The summed E-state index contributed by atoms with van der Waals surface area (Å²) in [7, 11) is 0. The van der Waals surface area contributed by atoms with Crippen LogP contribution < -0.4 is 9.47 Å². The van der Waals surface area contributed by atoms with Gasteiger partial charge in [-0.15, -0.1) is 0 Å². The Balaban J connectivity index is 1.48. The third kappa shape index (κ3) is 5.96. The average Bonchev–Trinajstić information content (AvgIpc) is 3.48. The second-order valence-electron chi connectivity index (χ2n) is 10.4. The zero-order valence-corrected chi connectivity index (χ0v) is 22.3. The van der Waals surface area contributed by atoms with Crippen LogP contribution in [0.1, 0.15) is 53.5 Å². The molecule has 0 bridgehead atoms. The maximum atomic E-state index is 14.2. The van der Waals surface area contributed by atoms with Crippen molar-refractivity contribution in [1.82, 2.24) is 4.90 Å². The van der Waals surface area contributed by atoms with E-state index in [0.717, 1.165) is 60.9 Å². The van der Waals surface area contributed by atoms with Gasteiger partial charge in [-0.05, 0) is 60.9 Å². The predicted octanol–water partition coefficient (Wildman–Crippen LogP) is 6.58. The Hall–Kier alpha value is -3.54. The predicted molar refractivity (Wildman–Crippen MR) is 146 cm³/mol. The van der Waals surface area contributed by atoms with Crippen LogP contribution in [0.3, 0.4) is 0 Å². The first kappa shape index (κ1) is 28.0. The third-order valence-corrected chi connectivity index (χ3v) is 7.93. The van der Waals surface area contributed by atoms with Gasteiger partial charge in [0.15, 0.2) is 0 Å². The molecule has 5 rings (SSSR count). The molecule has 3 aromatic rings. The van der Waals surface area contributed by atoms with E-state index < -0.39 is 12.8 Å². The Morgan fingerprint density at radius 3 is 2.52 bits per heavy atom. The van der Waals surface area contributed by atoms with E-state index in [1.54, 1.807) is 0 Å². The fraction of sp³-hybridized carbons (Fsp3) is 0.406. The zero-order chi connectivity index (χ0) is 28.1. The van der Waals surface area contributed by atoms with Gasteiger partial charge in [0.25, 0.3) is 6.36 Å². The fourth-order valence-electron chi connectivity index (χ4n) is 5.91. The topological polar surface area (TPSA) is 65.7 Å². The van der Waals surface area contributed by atoms with Gasteiger partial charge in [-0.3, -0.25) is 4.90 Å². The average molecular weight is 551 g/mol. The lowest BCUT2D eigenvalue weighted by molar-refractivity contribution is -0.0678. The summed E-state index contributed by atoms with van der Waals surface area (Å²) in [6, 6.07) is 19.0. The molecule has 0 radical (unpaired) electrons. The molecule has 5 nitrogen and oxygen atoms in total. The first-order valence-corrected chi connectivity index (χ1v) is 13.8. The molecule has 2 aliphatic rings. The number of nitrogens with zero attached hydrogens (tertiary/aromatic N) is 2. The molecule has 1 fully saturated rings. The van der Waals surface area contributed by atoms with Crippen molar-refractivity contribution >= 4 is 0 Å². The van der Waals surface area contributed by atoms with Crippen LogP contribution in [0.2, 0.25) is 0 Å². The first-order chi connectivity index (χ1) is 19.5. The number of benzene rings is 3. The summed E-state index contributed by atoms with van der Waals surface area (Å²) in [5.74, 6) is 0.503. The number of rotatable bonds is 10. The number of hydrogen-bond acceptors (Lipinski definition) is 5. The lowest BCUT2D eigenvalue weighted by atomic mass is 9.96. The number of fused-ring (bicyclic) bond motifs is 1. The molecule has 1 saturated heterocycles. The zero-order valence-electron chi connectivity index (χ0n) is 22.3. The molecule has 40 heavy (non-hydrogen) atoms. The van der Waals surface area contributed by atoms with Gasteiger partial charge in [0.2, 0.25) is 0 Å². The Morgan fingerprint density at radius 1 is 0.975 bits per heavy atom. The third-order valence-electron chi connectivity index (χ3n) is 7.93. The second kappa shape index (κ2) is 12.8. The van der Waals surface area contributed by atoms with Gasteiger partial charge in [0, 0.05) is 29.8 Å². The van der Waals surface area contributed by atoms with Crippen molar-refractivity contribution in [2.24, 2.45) is 0 Å². The number of likely N-dealkylation sites (tertiary alicyclic amines) is 1. The van der Waals surface area contributed by atoms with Crippen molar-refractivity contribution < 1.29 is 27.8 Å². The SMILES string of the molecule is N#Cc1c(COc2cc(OC(F)C(F)F)c(CN3CCCCC3CO)c3c2CCC3)cccc1-c1ccccc1. The van der Waals surface area contributed by atoms with E-state index in [0.29, 0.717) is 35.4 Å². The molecule has 0 amide bonds. The molecule has 2 atom stereocenters. The molecule has 3 aromatic carbocycles.